The number of esters is 1. The lowest BCUT2D eigenvalue weighted by Crippen LogP contribution is -2.49. The van der Waals surface area contributed by atoms with Gasteiger partial charge in [0.2, 0.25) is 17.9 Å². The molecular formula is C58H69FN12O9. The number of likely N-dealkylation sites (tertiary alicyclic amines) is 4. The molecule has 22 heteroatoms. The fourth-order valence-corrected chi connectivity index (χ4v) is 11.5. The van der Waals surface area contributed by atoms with E-state index in [0.717, 1.165) is 77.8 Å². The van der Waals surface area contributed by atoms with Crippen molar-refractivity contribution in [1.82, 2.24) is 44.7 Å². The maximum atomic E-state index is 13.6. The fourth-order valence-electron chi connectivity index (χ4n) is 11.5. The van der Waals surface area contributed by atoms with Gasteiger partial charge < -0.3 is 44.9 Å². The third-order valence-corrected chi connectivity index (χ3v) is 16.1. The van der Waals surface area contributed by atoms with Crippen LogP contribution in [0.1, 0.15) is 96.3 Å². The number of rotatable bonds is 17. The molecule has 6 amide bonds. The van der Waals surface area contributed by atoms with Crippen LogP contribution in [-0.2, 0) is 23.9 Å². The first-order valence-corrected chi connectivity index (χ1v) is 27.8. The maximum Gasteiger partial charge on any atom is 0.361 e. The molecule has 0 saturated carbocycles. The van der Waals surface area contributed by atoms with Gasteiger partial charge in [0.25, 0.3) is 11.8 Å². The predicted molar refractivity (Wildman–Crippen MR) is 294 cm³/mol. The molecular weight excluding hydrogens is 1030 g/mol. The predicted octanol–water partition coefficient (Wildman–Crippen LogP) is 5.96. The van der Waals surface area contributed by atoms with E-state index in [2.05, 4.69) is 35.5 Å². The number of carbonyl (C=O) groups excluding carboxylic acids is 6. The summed E-state index contributed by atoms with van der Waals surface area (Å²) in [6.45, 7) is 9.13. The normalized spacial score (nSPS) is 18.9. The molecule has 4 N–H and O–H groups in total. The summed E-state index contributed by atoms with van der Waals surface area (Å²) >= 11 is 0. The van der Waals surface area contributed by atoms with Crippen molar-refractivity contribution < 1.29 is 47.4 Å². The monoisotopic (exact) mass is 1100 g/mol. The zero-order valence-electron chi connectivity index (χ0n) is 45.1. The van der Waals surface area contributed by atoms with Crippen molar-refractivity contribution in [1.29, 1.82) is 0 Å². The van der Waals surface area contributed by atoms with Gasteiger partial charge in [-0.1, -0.05) is 30.3 Å². The molecule has 5 saturated heterocycles. The van der Waals surface area contributed by atoms with Crippen LogP contribution in [-0.4, -0.2) is 167 Å². The van der Waals surface area contributed by atoms with Crippen molar-refractivity contribution in [2.45, 2.75) is 76.0 Å². The first-order valence-electron chi connectivity index (χ1n) is 27.8. The highest BCUT2D eigenvalue weighted by Gasteiger charge is 2.35. The van der Waals surface area contributed by atoms with Gasteiger partial charge in [-0.05, 0) is 113 Å². The topological polar surface area (TPSA) is 240 Å². The van der Waals surface area contributed by atoms with Crippen molar-refractivity contribution in [2.24, 2.45) is 11.8 Å². The van der Waals surface area contributed by atoms with E-state index in [1.165, 1.54) is 42.5 Å². The van der Waals surface area contributed by atoms with E-state index in [-0.39, 0.29) is 60.3 Å². The molecule has 5 aliphatic rings. The van der Waals surface area contributed by atoms with E-state index in [4.69, 9.17) is 19.9 Å². The molecule has 5 aliphatic heterocycles. The average Bonchev–Trinajstić information content (AvgIpc) is 4.09. The van der Waals surface area contributed by atoms with Crippen LogP contribution in [0.3, 0.4) is 0 Å². The van der Waals surface area contributed by atoms with Crippen molar-refractivity contribution in [3.63, 3.8) is 0 Å². The van der Waals surface area contributed by atoms with Crippen LogP contribution < -0.4 is 26.0 Å². The molecule has 0 unspecified atom stereocenters. The first-order chi connectivity index (χ1) is 38.8. The van der Waals surface area contributed by atoms with Gasteiger partial charge in [0.05, 0.1) is 49.6 Å². The van der Waals surface area contributed by atoms with Gasteiger partial charge in [0.15, 0.2) is 11.5 Å². The smallest absolute Gasteiger partial charge is 0.361 e. The molecule has 0 aliphatic carbocycles. The van der Waals surface area contributed by atoms with Crippen LogP contribution in [0.2, 0.25) is 0 Å². The van der Waals surface area contributed by atoms with E-state index in [1.807, 2.05) is 15.8 Å². The minimum absolute atomic E-state index is 0.131. The van der Waals surface area contributed by atoms with Gasteiger partial charge in [0.1, 0.15) is 11.6 Å². The molecule has 5 aromatic rings. The molecule has 5 fully saturated rings. The Morgan fingerprint density at radius 1 is 0.812 bits per heavy atom. The Labute approximate surface area is 463 Å². The lowest BCUT2D eigenvalue weighted by Gasteiger charge is -2.38. The number of halogens is 1. The number of benzene rings is 3. The Balaban J connectivity index is 0.609. The Bertz CT molecular complexity index is 3000. The first kappa shape index (κ1) is 55.5. The summed E-state index contributed by atoms with van der Waals surface area (Å²) in [5.41, 5.74) is 8.55. The fraction of sp³-hybridized carbons (Fsp3) is 0.466. The second-order valence-corrected chi connectivity index (χ2v) is 21.3. The molecule has 10 rings (SSSR count). The summed E-state index contributed by atoms with van der Waals surface area (Å²) in [5, 5.41) is 9.68. The number of imide groups is 1. The van der Waals surface area contributed by atoms with Crippen LogP contribution in [0.5, 0.6) is 5.75 Å². The number of carbonyl (C=O) groups is 6. The Hall–Kier alpha value is -7.82. The number of nitrogens with one attached hydrogen (secondary N) is 2. The Kier molecular flexibility index (Phi) is 17.7. The zero-order chi connectivity index (χ0) is 55.7. The number of hydrogen-bond donors (Lipinski definition) is 3. The number of nitrogens with zero attached hydrogens (tertiary/aromatic N) is 9. The van der Waals surface area contributed by atoms with Crippen LogP contribution in [0, 0.1) is 17.7 Å². The highest BCUT2D eigenvalue weighted by Crippen LogP contribution is 2.33. The minimum Gasteiger partial charge on any atom is -0.495 e. The van der Waals surface area contributed by atoms with Gasteiger partial charge in [-0.3, -0.25) is 34.1 Å². The van der Waals surface area contributed by atoms with Crippen LogP contribution in [0.4, 0.5) is 26.4 Å². The summed E-state index contributed by atoms with van der Waals surface area (Å²) in [4.78, 5) is 97.6. The number of amides is 6. The van der Waals surface area contributed by atoms with Gasteiger partial charge in [0, 0.05) is 99.8 Å². The summed E-state index contributed by atoms with van der Waals surface area (Å²) in [7, 11) is 1.49. The van der Waals surface area contributed by atoms with Crippen molar-refractivity contribution in [2.75, 3.05) is 102 Å². The summed E-state index contributed by atoms with van der Waals surface area (Å²) in [6.07, 6.45) is 11.0. The van der Waals surface area contributed by atoms with Crippen molar-refractivity contribution >= 4 is 52.8 Å². The maximum absolute atomic E-state index is 13.6. The minimum atomic E-state index is -1.36. The van der Waals surface area contributed by atoms with Crippen LogP contribution in [0.15, 0.2) is 91.4 Å². The largest absolute Gasteiger partial charge is 0.495 e. The molecule has 422 valence electrons. The third-order valence-electron chi connectivity index (χ3n) is 16.1. The van der Waals surface area contributed by atoms with E-state index < -0.39 is 29.8 Å². The lowest BCUT2D eigenvalue weighted by atomic mass is 9.93. The number of piperidine rings is 4. The number of nitrogen functional groups attached to an aromatic ring is 1. The summed E-state index contributed by atoms with van der Waals surface area (Å²) in [5.74, 6) is -1.60. The number of methoxy groups -OCH3 is 1. The molecule has 0 radical (unpaired) electrons. The standard InChI is InChI=1S/C58H69FN12O9/c1-78-49-12-7-41(33-48(49)70-30-21-50(72)65-58(70)77)56(75)68-26-15-40(16-27-68)55(74)69-28-19-46(20-29-69)79-32-31-66-22-13-38(14-23-66)36-67-24-17-45(18-25-67)71-37-42(34-62-71)47-35-61-53(60)51(64-47)57(76)80-52(39-5-3-2-4-6-39)54(73)63-44-10-8-43(59)9-11-44/h2-12,33-35,37-38,40,45-46,52H,13-32,36H2,1H3,(H2,60,61)(H,63,73)(H,65,72,77)/t52-/m1/s1. The van der Waals surface area contributed by atoms with Crippen LogP contribution in [0.25, 0.3) is 11.3 Å². The third kappa shape index (κ3) is 13.4. The zero-order valence-corrected chi connectivity index (χ0v) is 45.1. The van der Waals surface area contributed by atoms with E-state index >= 15 is 0 Å². The van der Waals surface area contributed by atoms with Gasteiger partial charge >= 0.3 is 12.0 Å². The van der Waals surface area contributed by atoms with Crippen molar-refractivity contribution in [3.05, 3.63) is 114 Å². The van der Waals surface area contributed by atoms with Crippen LogP contribution >= 0.6 is 0 Å². The summed E-state index contributed by atoms with van der Waals surface area (Å²) in [6, 6.07) is 18.4. The second-order valence-electron chi connectivity index (χ2n) is 21.3. The van der Waals surface area contributed by atoms with Gasteiger partial charge in [-0.15, -0.1) is 0 Å². The summed E-state index contributed by atoms with van der Waals surface area (Å²) < 4.78 is 33.1. The molecule has 21 nitrogen and oxygen atoms in total. The second kappa shape index (κ2) is 25.5. The molecule has 0 spiro atoms. The Morgan fingerprint density at radius 2 is 1.52 bits per heavy atom. The molecule has 3 aromatic carbocycles. The highest BCUT2D eigenvalue weighted by molar-refractivity contribution is 6.07. The van der Waals surface area contributed by atoms with E-state index in [1.54, 1.807) is 59.6 Å². The number of nitrogens with two attached hydrogens (primary N) is 1. The van der Waals surface area contributed by atoms with E-state index in [9.17, 15) is 33.2 Å². The molecule has 80 heavy (non-hydrogen) atoms. The number of hydrogen-bond acceptors (Lipinski definition) is 15. The number of urea groups is 1. The number of anilines is 3. The quantitative estimate of drug-likeness (QED) is 0.0911. The highest BCUT2D eigenvalue weighted by atomic mass is 19.1. The SMILES string of the molecule is COc1ccc(C(=O)N2CCC(C(=O)N3CCC(OCCN4CCC(CN5CCC(n6cc(-c7cnc(N)c(C(=O)O[C@@H](C(=O)Nc8ccc(F)cc8)c8ccccc8)n7)cn6)CC5)CC4)CC3)CC2)cc1N1CCC(=O)NC1=O. The molecule has 1 atom stereocenters. The number of aromatic nitrogens is 4. The lowest BCUT2D eigenvalue weighted by molar-refractivity contribution is -0.139. The van der Waals surface area contributed by atoms with Gasteiger partial charge in [-0.25, -0.2) is 23.9 Å². The Morgan fingerprint density at radius 3 is 2.24 bits per heavy atom. The van der Waals surface area contributed by atoms with Crippen molar-refractivity contribution in [3.8, 4) is 17.0 Å². The molecule has 0 bridgehead atoms. The average molecular weight is 1100 g/mol. The molecule has 2 aromatic heterocycles. The van der Waals surface area contributed by atoms with E-state index in [0.29, 0.717) is 91.1 Å². The number of ether oxygens (including phenoxy) is 3. The molecule has 7 heterocycles. The van der Waals surface area contributed by atoms with Gasteiger partial charge in [-0.2, -0.15) is 5.10 Å².